The van der Waals surface area contributed by atoms with Crippen molar-refractivity contribution in [1.29, 1.82) is 0 Å². The van der Waals surface area contributed by atoms with Gasteiger partial charge in [0.1, 0.15) is 11.6 Å². The Balaban J connectivity index is 1.37. The van der Waals surface area contributed by atoms with Gasteiger partial charge in [0.2, 0.25) is 0 Å². The number of rotatable bonds is 7. The molecule has 0 amide bonds. The lowest BCUT2D eigenvalue weighted by Crippen LogP contribution is -2.16. The van der Waals surface area contributed by atoms with Crippen LogP contribution in [0.15, 0.2) is 79.0 Å². The molecule has 3 aromatic carbocycles. The van der Waals surface area contributed by atoms with Crippen LogP contribution in [0.5, 0.6) is 0 Å². The minimum absolute atomic E-state index is 0.247. The molecule has 1 aromatic heterocycles. The van der Waals surface area contributed by atoms with Crippen molar-refractivity contribution in [2.45, 2.75) is 19.9 Å². The van der Waals surface area contributed by atoms with E-state index < -0.39 is 0 Å². The van der Waals surface area contributed by atoms with Crippen molar-refractivity contribution >= 4 is 0 Å². The fourth-order valence-corrected chi connectivity index (χ4v) is 3.29. The summed E-state index contributed by atoms with van der Waals surface area (Å²) in [5.74, 6) is 0.490. The number of nitrogens with zero attached hydrogens (tertiary/aromatic N) is 1. The maximum Gasteiger partial charge on any atom is 0.137 e. The molecular formula is C25H24FN3. The van der Waals surface area contributed by atoms with Gasteiger partial charge in [-0.2, -0.15) is 0 Å². The van der Waals surface area contributed by atoms with E-state index in [0.29, 0.717) is 0 Å². The average molecular weight is 385 g/mol. The molecule has 2 N–H and O–H groups in total. The van der Waals surface area contributed by atoms with Gasteiger partial charge in [0.05, 0.1) is 11.9 Å². The van der Waals surface area contributed by atoms with Gasteiger partial charge in [-0.15, -0.1) is 0 Å². The SMILES string of the molecule is Cc1ccc(CCNCc2cccc(-c3cnc(-c4ccc(F)cc4)[nH]3)c2)cc1. The summed E-state index contributed by atoms with van der Waals surface area (Å²) in [5.41, 5.74) is 6.77. The van der Waals surface area contributed by atoms with E-state index in [-0.39, 0.29) is 5.82 Å². The Labute approximate surface area is 170 Å². The summed E-state index contributed by atoms with van der Waals surface area (Å²) in [6, 6.07) is 23.5. The van der Waals surface area contributed by atoms with Crippen molar-refractivity contribution < 1.29 is 4.39 Å². The van der Waals surface area contributed by atoms with E-state index in [0.717, 1.165) is 42.2 Å². The normalized spacial score (nSPS) is 11.0. The van der Waals surface area contributed by atoms with Gasteiger partial charge in [0, 0.05) is 12.1 Å². The fraction of sp³-hybridized carbons (Fsp3) is 0.160. The number of benzene rings is 3. The van der Waals surface area contributed by atoms with Crippen molar-refractivity contribution in [2.24, 2.45) is 0 Å². The smallest absolute Gasteiger partial charge is 0.137 e. The van der Waals surface area contributed by atoms with E-state index in [1.165, 1.54) is 28.8 Å². The molecule has 0 aliphatic rings. The first-order valence-electron chi connectivity index (χ1n) is 9.84. The highest BCUT2D eigenvalue weighted by molar-refractivity contribution is 5.64. The molecular weight excluding hydrogens is 361 g/mol. The molecule has 0 aliphatic carbocycles. The van der Waals surface area contributed by atoms with Crippen LogP contribution >= 0.6 is 0 Å². The molecule has 4 heteroatoms. The van der Waals surface area contributed by atoms with Crippen LogP contribution in [0, 0.1) is 12.7 Å². The number of aromatic amines is 1. The third-order valence-corrected chi connectivity index (χ3v) is 4.97. The van der Waals surface area contributed by atoms with Gasteiger partial charge in [-0.25, -0.2) is 9.37 Å². The third-order valence-electron chi connectivity index (χ3n) is 4.97. The average Bonchev–Trinajstić information content (AvgIpc) is 3.24. The third kappa shape index (κ3) is 4.98. The lowest BCUT2D eigenvalue weighted by Gasteiger charge is -2.07. The van der Waals surface area contributed by atoms with Crippen LogP contribution in [-0.2, 0) is 13.0 Å². The standard InChI is InChI=1S/C25H24FN3/c1-18-5-7-19(8-6-18)13-14-27-16-20-3-2-4-22(15-20)24-17-28-25(29-24)21-9-11-23(26)12-10-21/h2-12,15,17,27H,13-14,16H2,1H3,(H,28,29). The van der Waals surface area contributed by atoms with E-state index in [4.69, 9.17) is 0 Å². The largest absolute Gasteiger partial charge is 0.338 e. The highest BCUT2D eigenvalue weighted by Gasteiger charge is 2.06. The van der Waals surface area contributed by atoms with Gasteiger partial charge in [-0.1, -0.05) is 48.0 Å². The van der Waals surface area contributed by atoms with Gasteiger partial charge >= 0.3 is 0 Å². The maximum absolute atomic E-state index is 13.1. The van der Waals surface area contributed by atoms with Gasteiger partial charge in [-0.05, 0) is 66.9 Å². The first kappa shape index (κ1) is 19.1. The predicted octanol–water partition coefficient (Wildman–Crippen LogP) is 5.52. The molecule has 0 atom stereocenters. The Morgan fingerprint density at radius 1 is 0.897 bits per heavy atom. The summed E-state index contributed by atoms with van der Waals surface area (Å²) in [6.45, 7) is 3.86. The molecule has 0 aliphatic heterocycles. The van der Waals surface area contributed by atoms with E-state index in [9.17, 15) is 4.39 Å². The summed E-state index contributed by atoms with van der Waals surface area (Å²) in [4.78, 5) is 7.78. The van der Waals surface area contributed by atoms with Crippen LogP contribution in [0.3, 0.4) is 0 Å². The lowest BCUT2D eigenvalue weighted by molar-refractivity contribution is 0.628. The Morgan fingerprint density at radius 3 is 2.48 bits per heavy atom. The summed E-state index contributed by atoms with van der Waals surface area (Å²) >= 11 is 0. The molecule has 0 bridgehead atoms. The first-order valence-corrected chi connectivity index (χ1v) is 9.84. The lowest BCUT2D eigenvalue weighted by atomic mass is 10.1. The molecule has 1 heterocycles. The number of imidazole rings is 1. The minimum Gasteiger partial charge on any atom is -0.338 e. The summed E-state index contributed by atoms with van der Waals surface area (Å²) in [6.07, 6.45) is 2.84. The van der Waals surface area contributed by atoms with Crippen molar-refractivity contribution in [3.8, 4) is 22.6 Å². The number of nitrogens with one attached hydrogen (secondary N) is 2. The van der Waals surface area contributed by atoms with Gasteiger partial charge in [0.25, 0.3) is 0 Å². The highest BCUT2D eigenvalue weighted by Crippen LogP contribution is 2.23. The molecule has 0 radical (unpaired) electrons. The molecule has 0 saturated heterocycles. The van der Waals surface area contributed by atoms with Crippen LogP contribution < -0.4 is 5.32 Å². The number of aromatic nitrogens is 2. The van der Waals surface area contributed by atoms with Crippen LogP contribution in [0.2, 0.25) is 0 Å². The zero-order valence-corrected chi connectivity index (χ0v) is 16.5. The number of hydrogen-bond acceptors (Lipinski definition) is 2. The van der Waals surface area contributed by atoms with Crippen molar-refractivity contribution in [3.05, 3.63) is 102 Å². The number of hydrogen-bond donors (Lipinski definition) is 2. The first-order chi connectivity index (χ1) is 14.2. The van der Waals surface area contributed by atoms with Gasteiger partial charge < -0.3 is 10.3 Å². The second kappa shape index (κ2) is 8.84. The van der Waals surface area contributed by atoms with Crippen LogP contribution in [0.1, 0.15) is 16.7 Å². The topological polar surface area (TPSA) is 40.7 Å². The Morgan fingerprint density at radius 2 is 1.69 bits per heavy atom. The summed E-state index contributed by atoms with van der Waals surface area (Å²) < 4.78 is 13.1. The van der Waals surface area contributed by atoms with E-state index in [1.54, 1.807) is 12.1 Å². The molecule has 29 heavy (non-hydrogen) atoms. The molecule has 0 unspecified atom stereocenters. The van der Waals surface area contributed by atoms with Crippen molar-refractivity contribution in [2.75, 3.05) is 6.54 Å². The van der Waals surface area contributed by atoms with Gasteiger partial charge in [-0.3, -0.25) is 0 Å². The predicted molar refractivity (Wildman–Crippen MR) is 116 cm³/mol. The number of aryl methyl sites for hydroxylation is 1. The molecule has 3 nitrogen and oxygen atoms in total. The molecule has 0 fully saturated rings. The van der Waals surface area contributed by atoms with Crippen LogP contribution in [-0.4, -0.2) is 16.5 Å². The van der Waals surface area contributed by atoms with Crippen LogP contribution in [0.4, 0.5) is 4.39 Å². The van der Waals surface area contributed by atoms with E-state index >= 15 is 0 Å². The van der Waals surface area contributed by atoms with E-state index in [1.807, 2.05) is 6.20 Å². The second-order valence-corrected chi connectivity index (χ2v) is 7.27. The second-order valence-electron chi connectivity index (χ2n) is 7.27. The number of halogens is 1. The zero-order chi connectivity index (χ0) is 20.1. The van der Waals surface area contributed by atoms with Crippen molar-refractivity contribution in [3.63, 3.8) is 0 Å². The minimum atomic E-state index is -0.247. The van der Waals surface area contributed by atoms with Crippen molar-refractivity contribution in [1.82, 2.24) is 15.3 Å². The van der Waals surface area contributed by atoms with Gasteiger partial charge in [0.15, 0.2) is 0 Å². The molecule has 4 rings (SSSR count). The quantitative estimate of drug-likeness (QED) is 0.411. The molecule has 4 aromatic rings. The zero-order valence-electron chi connectivity index (χ0n) is 16.5. The molecule has 0 saturated carbocycles. The Kier molecular flexibility index (Phi) is 5.82. The Bertz CT molecular complexity index is 1070. The fourth-order valence-electron chi connectivity index (χ4n) is 3.29. The number of H-pyrrole nitrogens is 1. The van der Waals surface area contributed by atoms with E-state index in [2.05, 4.69) is 70.7 Å². The van der Waals surface area contributed by atoms with Crippen LogP contribution in [0.25, 0.3) is 22.6 Å². The highest BCUT2D eigenvalue weighted by atomic mass is 19.1. The molecule has 146 valence electrons. The monoisotopic (exact) mass is 385 g/mol. The summed E-state index contributed by atoms with van der Waals surface area (Å²) in [5, 5.41) is 3.52. The maximum atomic E-state index is 13.1. The Hall–Kier alpha value is -3.24. The summed E-state index contributed by atoms with van der Waals surface area (Å²) in [7, 11) is 0. The molecule has 0 spiro atoms.